The third-order valence-corrected chi connectivity index (χ3v) is 9.43. The molecule has 0 saturated heterocycles. The number of rotatable bonds is 6. The molecule has 4 aromatic rings. The summed E-state index contributed by atoms with van der Waals surface area (Å²) in [7, 11) is 4.00. The molecule has 3 heteroatoms. The van der Waals surface area contributed by atoms with Gasteiger partial charge in [-0.1, -0.05) is 91.0 Å². The van der Waals surface area contributed by atoms with E-state index in [1.54, 1.807) is 0 Å². The average molecular weight is 423 g/mol. The number of ketones is 1. The van der Waals surface area contributed by atoms with Crippen LogP contribution in [-0.4, -0.2) is 25.7 Å². The Morgan fingerprint density at radius 1 is 0.613 bits per heavy atom. The fourth-order valence-corrected chi connectivity index (χ4v) is 7.60. The van der Waals surface area contributed by atoms with Gasteiger partial charge in [-0.25, -0.2) is 0 Å². The van der Waals surface area contributed by atoms with Crippen molar-refractivity contribution >= 4 is 40.1 Å². The van der Waals surface area contributed by atoms with Gasteiger partial charge in [-0.3, -0.25) is 4.79 Å². The van der Waals surface area contributed by atoms with Crippen LogP contribution in [0.15, 0.2) is 115 Å². The molecule has 0 unspecified atom stereocenters. The van der Waals surface area contributed by atoms with Crippen LogP contribution in [-0.2, 0) is 0 Å². The number of Topliss-reactive ketones (excluding diaryl/α,β-unsaturated/α-hetero) is 1. The summed E-state index contributed by atoms with van der Waals surface area (Å²) in [6.07, 6.45) is 0. The minimum absolute atomic E-state index is 0.0511. The van der Waals surface area contributed by atoms with E-state index in [-0.39, 0.29) is 5.78 Å². The van der Waals surface area contributed by atoms with Gasteiger partial charge in [0.1, 0.15) is 0 Å². The Hall–Kier alpha value is -3.35. The van der Waals surface area contributed by atoms with Crippen LogP contribution in [0.2, 0.25) is 0 Å². The largest absolute Gasteiger partial charge is 0.378 e. The lowest BCUT2D eigenvalue weighted by atomic mass is 10.1. The van der Waals surface area contributed by atoms with Crippen molar-refractivity contribution in [3.8, 4) is 0 Å². The second kappa shape index (κ2) is 9.20. The predicted octanol–water partition coefficient (Wildman–Crippen LogP) is 4.73. The molecule has 0 aliphatic heterocycles. The van der Waals surface area contributed by atoms with Crippen molar-refractivity contribution in [3.05, 3.63) is 121 Å². The highest BCUT2D eigenvalue weighted by Crippen LogP contribution is 2.43. The summed E-state index contributed by atoms with van der Waals surface area (Å²) in [5.74, 6) is 2.03. The summed E-state index contributed by atoms with van der Waals surface area (Å²) < 4.78 is 0. The van der Waals surface area contributed by atoms with Gasteiger partial charge >= 0.3 is 0 Å². The number of hydrogen-bond acceptors (Lipinski definition) is 2. The molecule has 0 aliphatic carbocycles. The number of benzene rings is 4. The van der Waals surface area contributed by atoms with Gasteiger partial charge in [-0.2, -0.15) is 0 Å². The van der Waals surface area contributed by atoms with Gasteiger partial charge in [-0.15, -0.1) is 0 Å². The summed E-state index contributed by atoms with van der Waals surface area (Å²) in [6.45, 7) is -2.29. The van der Waals surface area contributed by atoms with Crippen LogP contribution >= 0.6 is 6.89 Å². The molecule has 4 aromatic carbocycles. The molecule has 154 valence electrons. The van der Waals surface area contributed by atoms with Crippen LogP contribution in [0, 0.1) is 0 Å². The van der Waals surface area contributed by atoms with Gasteiger partial charge in [0.2, 0.25) is 0 Å². The first-order valence-electron chi connectivity index (χ1n) is 10.3. The Bertz CT molecular complexity index is 1090. The van der Waals surface area contributed by atoms with Gasteiger partial charge in [0.15, 0.2) is 5.78 Å². The third kappa shape index (κ3) is 4.26. The van der Waals surface area contributed by atoms with Gasteiger partial charge in [0.05, 0.1) is 0 Å². The average Bonchev–Trinajstić information content (AvgIpc) is 2.84. The molecule has 0 aromatic heterocycles. The van der Waals surface area contributed by atoms with E-state index in [0.717, 1.165) is 5.69 Å². The molecule has 0 saturated carbocycles. The molecule has 31 heavy (non-hydrogen) atoms. The SMILES string of the molecule is CN(C)c1ccc(C(=O)C=P(c2ccccc2)(c2ccccc2)c2ccccc2)cc1. The maximum absolute atomic E-state index is 13.6. The van der Waals surface area contributed by atoms with E-state index in [1.165, 1.54) is 15.9 Å². The number of carbonyl (C=O) groups excluding carboxylic acids is 1. The molecule has 0 bridgehead atoms. The molecule has 2 nitrogen and oxygen atoms in total. The topological polar surface area (TPSA) is 20.3 Å². The fourth-order valence-electron chi connectivity index (χ4n) is 3.83. The summed E-state index contributed by atoms with van der Waals surface area (Å²) >= 11 is 0. The van der Waals surface area contributed by atoms with Gasteiger partial charge in [-0.05, 0) is 52.9 Å². The van der Waals surface area contributed by atoms with Crippen LogP contribution in [0.3, 0.4) is 0 Å². The van der Waals surface area contributed by atoms with Crippen molar-refractivity contribution in [2.45, 2.75) is 0 Å². The van der Waals surface area contributed by atoms with Gasteiger partial charge in [0.25, 0.3) is 0 Å². The number of carbonyl (C=O) groups is 1. The third-order valence-electron chi connectivity index (χ3n) is 5.47. The summed E-state index contributed by atoms with van der Waals surface area (Å²) in [5, 5.41) is 3.52. The van der Waals surface area contributed by atoms with E-state index in [9.17, 15) is 4.79 Å². The minimum Gasteiger partial charge on any atom is -0.378 e. The first kappa shape index (κ1) is 20.9. The van der Waals surface area contributed by atoms with E-state index in [4.69, 9.17) is 0 Å². The molecule has 0 N–H and O–H groups in total. The summed E-state index contributed by atoms with van der Waals surface area (Å²) in [5.41, 5.74) is 1.78. The standard InChI is InChI=1S/C28H26NOP/c1-29(2)24-20-18-23(19-21-24)28(30)22-31(25-12-6-3-7-13-25,26-14-8-4-9-15-26)27-16-10-5-11-17-27/h3-22H,1-2H3. The Balaban J connectivity index is 1.99. The highest BCUT2D eigenvalue weighted by atomic mass is 31.2. The zero-order valence-electron chi connectivity index (χ0n) is 17.8. The normalized spacial score (nSPS) is 11.0. The Morgan fingerprint density at radius 2 is 1.00 bits per heavy atom. The molecule has 0 fully saturated rings. The first-order valence-corrected chi connectivity index (χ1v) is 12.2. The van der Waals surface area contributed by atoms with Crippen LogP contribution in [0.1, 0.15) is 10.4 Å². The molecule has 4 rings (SSSR count). The van der Waals surface area contributed by atoms with Gasteiger partial charge < -0.3 is 4.90 Å². The highest BCUT2D eigenvalue weighted by molar-refractivity contribution is 7.95. The Morgan fingerprint density at radius 3 is 1.35 bits per heavy atom. The van der Waals surface area contributed by atoms with Crippen molar-refractivity contribution in [3.63, 3.8) is 0 Å². The molecule has 0 aliphatic rings. The van der Waals surface area contributed by atoms with E-state index in [2.05, 4.69) is 72.8 Å². The van der Waals surface area contributed by atoms with Crippen molar-refractivity contribution in [1.29, 1.82) is 0 Å². The zero-order valence-corrected chi connectivity index (χ0v) is 18.7. The first-order chi connectivity index (χ1) is 15.1. The molecule has 0 atom stereocenters. The minimum atomic E-state index is -2.29. The number of nitrogens with zero attached hydrogens (tertiary/aromatic N) is 1. The molecular weight excluding hydrogens is 397 g/mol. The van der Waals surface area contributed by atoms with E-state index < -0.39 is 6.89 Å². The van der Waals surface area contributed by atoms with E-state index in [1.807, 2.05) is 67.3 Å². The smallest absolute Gasteiger partial charge is 0.186 e. The quantitative estimate of drug-likeness (QED) is 0.330. The molecule has 0 heterocycles. The van der Waals surface area contributed by atoms with Crippen LogP contribution < -0.4 is 20.8 Å². The van der Waals surface area contributed by atoms with Crippen molar-refractivity contribution in [1.82, 2.24) is 0 Å². The maximum Gasteiger partial charge on any atom is 0.186 e. The summed E-state index contributed by atoms with van der Waals surface area (Å²) in [6, 6.07) is 39.1. The predicted molar refractivity (Wildman–Crippen MR) is 136 cm³/mol. The molecular formula is C28H26NOP. The monoisotopic (exact) mass is 423 g/mol. The fraction of sp³-hybridized carbons (Fsp3) is 0.0714. The summed E-state index contributed by atoms with van der Waals surface area (Å²) in [4.78, 5) is 15.7. The lowest BCUT2D eigenvalue weighted by Gasteiger charge is -2.28. The lowest BCUT2D eigenvalue weighted by Crippen LogP contribution is -2.28. The second-order valence-corrected chi connectivity index (χ2v) is 10.9. The molecule has 0 radical (unpaired) electrons. The number of anilines is 1. The lowest BCUT2D eigenvalue weighted by molar-refractivity contribution is 0.107. The van der Waals surface area contributed by atoms with Crippen LogP contribution in [0.5, 0.6) is 0 Å². The zero-order chi connectivity index (χ0) is 21.7. The van der Waals surface area contributed by atoms with Crippen LogP contribution in [0.4, 0.5) is 5.69 Å². The Kier molecular flexibility index (Phi) is 6.21. The molecule has 0 spiro atoms. The second-order valence-electron chi connectivity index (χ2n) is 7.66. The van der Waals surface area contributed by atoms with E-state index in [0.29, 0.717) is 5.56 Å². The van der Waals surface area contributed by atoms with E-state index >= 15 is 0 Å². The van der Waals surface area contributed by atoms with Crippen LogP contribution in [0.25, 0.3) is 0 Å². The van der Waals surface area contributed by atoms with Crippen molar-refractivity contribution in [2.75, 3.05) is 19.0 Å². The van der Waals surface area contributed by atoms with Gasteiger partial charge in [0, 0.05) is 25.3 Å². The maximum atomic E-state index is 13.6. The van der Waals surface area contributed by atoms with Crippen molar-refractivity contribution in [2.24, 2.45) is 0 Å². The van der Waals surface area contributed by atoms with Crippen molar-refractivity contribution < 1.29 is 4.79 Å². The Labute approximate surface area is 184 Å². The number of hydrogen-bond donors (Lipinski definition) is 0. The highest BCUT2D eigenvalue weighted by Gasteiger charge is 2.26. The molecule has 0 amide bonds.